The molecule has 32 heavy (non-hydrogen) atoms. The van der Waals surface area contributed by atoms with Crippen LogP contribution in [0.15, 0.2) is 40.9 Å². The van der Waals surface area contributed by atoms with Crippen LogP contribution in [-0.2, 0) is 4.79 Å². The summed E-state index contributed by atoms with van der Waals surface area (Å²) < 4.78 is 5.47. The number of benzene rings is 1. The van der Waals surface area contributed by atoms with E-state index in [0.29, 0.717) is 65.3 Å². The molecule has 164 valence electrons. The molecule has 7 heteroatoms. The van der Waals surface area contributed by atoms with E-state index < -0.39 is 0 Å². The van der Waals surface area contributed by atoms with Gasteiger partial charge in [-0.25, -0.2) is 4.98 Å². The SMILES string of the molecule is Cc1noc2nc(-c3ccccc3)cc(C(=O)N3C[C@@H]4C[C@@H](C3)C3CCCC(=O)N3C4)c12. The number of aryl methyl sites for hydroxylation is 1. The minimum atomic E-state index is 0.00571. The van der Waals surface area contributed by atoms with Gasteiger partial charge in [0.05, 0.1) is 22.3 Å². The summed E-state index contributed by atoms with van der Waals surface area (Å²) in [4.78, 5) is 35.0. The van der Waals surface area contributed by atoms with Crippen molar-refractivity contribution in [3.05, 3.63) is 47.7 Å². The molecule has 0 aliphatic carbocycles. The quantitative estimate of drug-likeness (QED) is 0.620. The number of fused-ring (bicyclic) bond motifs is 5. The van der Waals surface area contributed by atoms with Gasteiger partial charge >= 0.3 is 0 Å². The first-order valence-corrected chi connectivity index (χ1v) is 11.5. The fourth-order valence-corrected chi connectivity index (χ4v) is 5.97. The molecule has 3 aromatic rings. The van der Waals surface area contributed by atoms with Gasteiger partial charge in [0.2, 0.25) is 5.91 Å². The maximum Gasteiger partial charge on any atom is 0.259 e. The Morgan fingerprint density at radius 2 is 2.00 bits per heavy atom. The van der Waals surface area contributed by atoms with E-state index in [1.165, 1.54) is 0 Å². The zero-order chi connectivity index (χ0) is 21.8. The Hall–Kier alpha value is -3.22. The molecule has 3 aliphatic rings. The summed E-state index contributed by atoms with van der Waals surface area (Å²) in [6.07, 6.45) is 3.78. The molecular formula is C25H26N4O3. The van der Waals surface area contributed by atoms with Crippen LogP contribution >= 0.6 is 0 Å². The molecule has 3 saturated heterocycles. The maximum absolute atomic E-state index is 13.9. The molecule has 0 saturated carbocycles. The molecule has 2 bridgehead atoms. The van der Waals surface area contributed by atoms with Crippen LogP contribution < -0.4 is 0 Å². The number of amides is 2. The lowest BCUT2D eigenvalue weighted by molar-refractivity contribution is -0.144. The van der Waals surface area contributed by atoms with Crippen LogP contribution in [0.5, 0.6) is 0 Å². The van der Waals surface area contributed by atoms with Crippen molar-refractivity contribution in [2.45, 2.75) is 38.6 Å². The molecular weight excluding hydrogens is 404 g/mol. The minimum Gasteiger partial charge on any atom is -0.339 e. The Balaban J connectivity index is 1.36. The number of hydrogen-bond acceptors (Lipinski definition) is 5. The van der Waals surface area contributed by atoms with Crippen LogP contribution in [0.3, 0.4) is 0 Å². The molecule has 0 N–H and O–H groups in total. The van der Waals surface area contributed by atoms with Crippen LogP contribution in [-0.4, -0.2) is 57.4 Å². The third kappa shape index (κ3) is 3.10. The number of carbonyl (C=O) groups excluding carboxylic acids is 2. The van der Waals surface area contributed by atoms with E-state index in [9.17, 15) is 9.59 Å². The van der Waals surface area contributed by atoms with Gasteiger partial charge in [0.1, 0.15) is 0 Å². The molecule has 1 unspecified atom stereocenters. The van der Waals surface area contributed by atoms with E-state index >= 15 is 0 Å². The van der Waals surface area contributed by atoms with Gasteiger partial charge in [-0.05, 0) is 44.1 Å². The van der Waals surface area contributed by atoms with Crippen molar-refractivity contribution in [1.29, 1.82) is 0 Å². The van der Waals surface area contributed by atoms with Gasteiger partial charge in [0.25, 0.3) is 11.6 Å². The number of nitrogens with zero attached hydrogens (tertiary/aromatic N) is 4. The Kier molecular flexibility index (Phi) is 4.52. The molecule has 6 rings (SSSR count). The zero-order valence-electron chi connectivity index (χ0n) is 18.2. The predicted octanol–water partition coefficient (Wildman–Crippen LogP) is 3.67. The second kappa shape index (κ2) is 7.43. The fraction of sp³-hybridized carbons (Fsp3) is 0.440. The third-order valence-corrected chi connectivity index (χ3v) is 7.38. The summed E-state index contributed by atoms with van der Waals surface area (Å²) in [7, 11) is 0. The molecule has 2 aromatic heterocycles. The summed E-state index contributed by atoms with van der Waals surface area (Å²) in [5, 5.41) is 4.78. The normalized spacial score (nSPS) is 25.2. The molecule has 0 spiro atoms. The third-order valence-electron chi connectivity index (χ3n) is 7.38. The Bertz CT molecular complexity index is 1200. The summed E-state index contributed by atoms with van der Waals surface area (Å²) in [5.74, 6) is 0.987. The molecule has 7 nitrogen and oxygen atoms in total. The van der Waals surface area contributed by atoms with Crippen LogP contribution in [0.4, 0.5) is 0 Å². The highest BCUT2D eigenvalue weighted by Crippen LogP contribution is 2.39. The van der Waals surface area contributed by atoms with Gasteiger partial charge < -0.3 is 14.3 Å². The van der Waals surface area contributed by atoms with Gasteiger partial charge in [0, 0.05) is 37.7 Å². The summed E-state index contributed by atoms with van der Waals surface area (Å²) >= 11 is 0. The summed E-state index contributed by atoms with van der Waals surface area (Å²) in [6.45, 7) is 4.00. The van der Waals surface area contributed by atoms with Gasteiger partial charge in [0.15, 0.2) is 0 Å². The highest BCUT2D eigenvalue weighted by molar-refractivity contribution is 6.07. The van der Waals surface area contributed by atoms with E-state index in [-0.39, 0.29) is 11.9 Å². The molecule has 1 aromatic carbocycles. The van der Waals surface area contributed by atoms with Crippen molar-refractivity contribution in [3.8, 4) is 11.3 Å². The van der Waals surface area contributed by atoms with Crippen LogP contribution in [0, 0.1) is 18.8 Å². The van der Waals surface area contributed by atoms with Crippen LogP contribution in [0.25, 0.3) is 22.4 Å². The Labute approximate surface area is 186 Å². The Morgan fingerprint density at radius 1 is 1.16 bits per heavy atom. The van der Waals surface area contributed by atoms with Crippen LogP contribution in [0.2, 0.25) is 0 Å². The largest absolute Gasteiger partial charge is 0.339 e. The molecule has 3 fully saturated rings. The van der Waals surface area contributed by atoms with Gasteiger partial charge in [-0.15, -0.1) is 0 Å². The lowest BCUT2D eigenvalue weighted by Crippen LogP contribution is -2.61. The topological polar surface area (TPSA) is 79.5 Å². The van der Waals surface area contributed by atoms with Crippen molar-refractivity contribution in [1.82, 2.24) is 19.9 Å². The standard InChI is InChI=1S/C25H26N4O3/c1-15-23-19(11-20(26-24(23)32-27-15)17-6-3-2-4-7-17)25(31)28-12-16-10-18(14-28)21-8-5-9-22(30)29(21)13-16/h2-4,6-7,11,16,18,21H,5,8-10,12-14H2,1H3/t16-,18-,21?/m0/s1. The number of hydrogen-bond donors (Lipinski definition) is 0. The first kappa shape index (κ1) is 19.5. The second-order valence-corrected chi connectivity index (χ2v) is 9.45. The lowest BCUT2D eigenvalue weighted by atomic mass is 9.76. The maximum atomic E-state index is 13.9. The summed E-state index contributed by atoms with van der Waals surface area (Å²) in [5.41, 5.74) is 3.32. The highest BCUT2D eigenvalue weighted by Gasteiger charge is 2.45. The van der Waals surface area contributed by atoms with Gasteiger partial charge in [-0.1, -0.05) is 35.5 Å². The zero-order valence-corrected chi connectivity index (χ0v) is 18.2. The van der Waals surface area contributed by atoms with Crippen molar-refractivity contribution >= 4 is 22.9 Å². The average Bonchev–Trinajstić information content (AvgIpc) is 3.20. The molecule has 5 heterocycles. The van der Waals surface area contributed by atoms with Crippen molar-refractivity contribution in [2.75, 3.05) is 19.6 Å². The number of rotatable bonds is 2. The number of carbonyl (C=O) groups is 2. The van der Waals surface area contributed by atoms with Crippen molar-refractivity contribution in [2.24, 2.45) is 11.8 Å². The van der Waals surface area contributed by atoms with Crippen LogP contribution in [0.1, 0.15) is 41.7 Å². The fourth-order valence-electron chi connectivity index (χ4n) is 5.97. The lowest BCUT2D eigenvalue weighted by Gasteiger charge is -2.52. The molecule has 3 aliphatic heterocycles. The van der Waals surface area contributed by atoms with E-state index in [2.05, 4.69) is 15.0 Å². The molecule has 3 atom stereocenters. The average molecular weight is 431 g/mol. The second-order valence-electron chi connectivity index (χ2n) is 9.45. The molecule has 0 radical (unpaired) electrons. The van der Waals surface area contributed by atoms with E-state index in [1.54, 1.807) is 0 Å². The predicted molar refractivity (Wildman–Crippen MR) is 119 cm³/mol. The summed E-state index contributed by atoms with van der Waals surface area (Å²) in [6, 6.07) is 12.0. The van der Waals surface area contributed by atoms with Gasteiger partial charge in [-0.2, -0.15) is 0 Å². The van der Waals surface area contributed by atoms with E-state index in [0.717, 1.165) is 31.4 Å². The minimum absolute atomic E-state index is 0.00571. The number of likely N-dealkylation sites (tertiary alicyclic amines) is 1. The van der Waals surface area contributed by atoms with Crippen molar-refractivity contribution < 1.29 is 14.1 Å². The van der Waals surface area contributed by atoms with Crippen molar-refractivity contribution in [3.63, 3.8) is 0 Å². The monoisotopic (exact) mass is 430 g/mol. The first-order chi connectivity index (χ1) is 15.6. The first-order valence-electron chi connectivity index (χ1n) is 11.5. The van der Waals surface area contributed by atoms with E-state index in [4.69, 9.17) is 4.52 Å². The van der Waals surface area contributed by atoms with Gasteiger partial charge in [-0.3, -0.25) is 9.59 Å². The highest BCUT2D eigenvalue weighted by atomic mass is 16.5. The smallest absolute Gasteiger partial charge is 0.259 e. The number of pyridine rings is 1. The van der Waals surface area contributed by atoms with E-state index in [1.807, 2.05) is 48.2 Å². The number of piperidine rings is 3. The molecule has 2 amide bonds. The number of aromatic nitrogens is 2. The Morgan fingerprint density at radius 3 is 2.84 bits per heavy atom.